The molecule has 3 heterocycles. The van der Waals surface area contributed by atoms with Gasteiger partial charge < -0.3 is 15.0 Å². The number of piperazine rings is 1. The Balaban J connectivity index is 1.35. The van der Waals surface area contributed by atoms with Gasteiger partial charge in [-0.2, -0.15) is 0 Å². The molecule has 34 heavy (non-hydrogen) atoms. The number of ether oxygens (including phenoxy) is 1. The minimum absolute atomic E-state index is 0.0173. The summed E-state index contributed by atoms with van der Waals surface area (Å²) in [6, 6.07) is 21.5. The Bertz CT molecular complexity index is 1200. The van der Waals surface area contributed by atoms with E-state index in [1.807, 2.05) is 18.2 Å². The van der Waals surface area contributed by atoms with Crippen LogP contribution in [0.4, 0.5) is 5.82 Å². The maximum Gasteiger partial charge on any atom is 0.148 e. The highest BCUT2D eigenvalue weighted by atomic mass is 32.1. The van der Waals surface area contributed by atoms with Gasteiger partial charge in [0.05, 0.1) is 22.9 Å². The van der Waals surface area contributed by atoms with Gasteiger partial charge >= 0.3 is 0 Å². The summed E-state index contributed by atoms with van der Waals surface area (Å²) < 4.78 is 6.55. The minimum atomic E-state index is 0.0173. The topological polar surface area (TPSA) is 53.5 Å². The fourth-order valence-electron chi connectivity index (χ4n) is 4.38. The molecule has 1 aliphatic heterocycles. The molecule has 1 fully saturated rings. The second-order valence-corrected chi connectivity index (χ2v) is 9.94. The monoisotopic (exact) mass is 473 g/mol. The van der Waals surface area contributed by atoms with Crippen molar-refractivity contribution in [2.45, 2.75) is 12.6 Å². The molecule has 0 bridgehead atoms. The third-order valence-corrected chi connectivity index (χ3v) is 7.58. The van der Waals surface area contributed by atoms with Crippen molar-refractivity contribution < 1.29 is 4.74 Å². The van der Waals surface area contributed by atoms with Crippen LogP contribution in [0.5, 0.6) is 0 Å². The van der Waals surface area contributed by atoms with Gasteiger partial charge in [0.15, 0.2) is 0 Å². The van der Waals surface area contributed by atoms with E-state index in [1.54, 1.807) is 24.8 Å². The first-order valence-electron chi connectivity index (χ1n) is 11.7. The molecule has 1 N–H and O–H groups in total. The van der Waals surface area contributed by atoms with Crippen LogP contribution in [0.1, 0.15) is 17.2 Å². The van der Waals surface area contributed by atoms with Crippen LogP contribution >= 0.6 is 11.3 Å². The highest BCUT2D eigenvalue weighted by Crippen LogP contribution is 2.36. The van der Waals surface area contributed by atoms with Crippen molar-refractivity contribution >= 4 is 27.4 Å². The van der Waals surface area contributed by atoms with Crippen LogP contribution in [0, 0.1) is 0 Å². The van der Waals surface area contributed by atoms with E-state index in [2.05, 4.69) is 74.6 Å². The standard InChI is InChI=1S/C27H31N5OS/c1-31-12-14-32(15-13-31)17-20-8-10-22(11-9-20)25-16-23-26(34-25)27(29-19-28-23)30-24(18-33-2)21-6-4-3-5-7-21/h3-11,16,19,24H,12-15,17-18H2,1-2H3,(H,28,29,30)/t24-/m1/s1. The normalized spacial score (nSPS) is 16.1. The summed E-state index contributed by atoms with van der Waals surface area (Å²) in [4.78, 5) is 15.2. The number of hydrogen-bond acceptors (Lipinski definition) is 7. The quantitative estimate of drug-likeness (QED) is 0.393. The van der Waals surface area contributed by atoms with Crippen LogP contribution in [0.3, 0.4) is 0 Å². The van der Waals surface area contributed by atoms with Crippen LogP contribution in [0.2, 0.25) is 0 Å². The average Bonchev–Trinajstić information content (AvgIpc) is 3.32. The van der Waals surface area contributed by atoms with Gasteiger partial charge in [0.1, 0.15) is 12.1 Å². The third kappa shape index (κ3) is 5.28. The van der Waals surface area contributed by atoms with Crippen LogP contribution in [-0.2, 0) is 11.3 Å². The molecule has 0 saturated carbocycles. The van der Waals surface area contributed by atoms with Crippen molar-refractivity contribution in [1.29, 1.82) is 0 Å². The van der Waals surface area contributed by atoms with Gasteiger partial charge in [-0.25, -0.2) is 9.97 Å². The maximum atomic E-state index is 5.48. The lowest BCUT2D eigenvalue weighted by Crippen LogP contribution is -2.43. The molecule has 5 rings (SSSR count). The molecule has 0 spiro atoms. The molecule has 6 nitrogen and oxygen atoms in total. The van der Waals surface area contributed by atoms with Crippen molar-refractivity contribution in [2.75, 3.05) is 52.3 Å². The minimum Gasteiger partial charge on any atom is -0.382 e. The Morgan fingerprint density at radius 2 is 1.76 bits per heavy atom. The first-order valence-corrected chi connectivity index (χ1v) is 12.6. The summed E-state index contributed by atoms with van der Waals surface area (Å²) in [7, 11) is 3.92. The Morgan fingerprint density at radius 3 is 2.50 bits per heavy atom. The highest BCUT2D eigenvalue weighted by molar-refractivity contribution is 7.22. The number of fused-ring (bicyclic) bond motifs is 1. The highest BCUT2D eigenvalue weighted by Gasteiger charge is 2.17. The van der Waals surface area contributed by atoms with Crippen molar-refractivity contribution in [3.05, 3.63) is 78.1 Å². The number of nitrogens with one attached hydrogen (secondary N) is 1. The largest absolute Gasteiger partial charge is 0.382 e. The van der Waals surface area contributed by atoms with Crippen LogP contribution in [0.25, 0.3) is 20.7 Å². The molecule has 2 aromatic heterocycles. The molecule has 2 aromatic carbocycles. The fraction of sp³-hybridized carbons (Fsp3) is 0.333. The van der Waals surface area contributed by atoms with E-state index < -0.39 is 0 Å². The zero-order chi connectivity index (χ0) is 23.3. The van der Waals surface area contributed by atoms with E-state index in [0.717, 1.165) is 48.8 Å². The summed E-state index contributed by atoms with van der Waals surface area (Å²) in [6.07, 6.45) is 1.63. The number of anilines is 1. The molecular weight excluding hydrogens is 442 g/mol. The summed E-state index contributed by atoms with van der Waals surface area (Å²) >= 11 is 1.73. The number of thiophene rings is 1. The van der Waals surface area contributed by atoms with Gasteiger partial charge in [-0.15, -0.1) is 11.3 Å². The summed E-state index contributed by atoms with van der Waals surface area (Å²) in [6.45, 7) is 6.13. The van der Waals surface area contributed by atoms with Gasteiger partial charge in [-0.1, -0.05) is 54.6 Å². The SMILES string of the molecule is COC[C@@H](Nc1ncnc2cc(-c3ccc(CN4CCN(C)CC4)cc3)sc12)c1ccccc1. The fourth-order valence-corrected chi connectivity index (χ4v) is 5.45. The predicted molar refractivity (Wildman–Crippen MR) is 140 cm³/mol. The first kappa shape index (κ1) is 22.9. The van der Waals surface area contributed by atoms with Crippen molar-refractivity contribution in [2.24, 2.45) is 0 Å². The lowest BCUT2D eigenvalue weighted by molar-refractivity contribution is 0.148. The van der Waals surface area contributed by atoms with Crippen molar-refractivity contribution in [3.63, 3.8) is 0 Å². The number of rotatable bonds is 8. The van der Waals surface area contributed by atoms with E-state index >= 15 is 0 Å². The summed E-state index contributed by atoms with van der Waals surface area (Å²) in [5, 5.41) is 3.59. The van der Waals surface area contributed by atoms with E-state index in [1.165, 1.54) is 21.6 Å². The molecule has 0 radical (unpaired) electrons. The molecule has 0 aliphatic carbocycles. The van der Waals surface area contributed by atoms with Crippen LogP contribution in [0.15, 0.2) is 67.0 Å². The molecule has 0 unspecified atom stereocenters. The zero-order valence-corrected chi connectivity index (χ0v) is 20.6. The number of methoxy groups -OCH3 is 1. The maximum absolute atomic E-state index is 5.48. The molecule has 1 atom stereocenters. The molecule has 7 heteroatoms. The smallest absolute Gasteiger partial charge is 0.148 e. The van der Waals surface area contributed by atoms with Crippen molar-refractivity contribution in [3.8, 4) is 10.4 Å². The lowest BCUT2D eigenvalue weighted by atomic mass is 10.1. The summed E-state index contributed by atoms with van der Waals surface area (Å²) in [5.41, 5.74) is 4.71. The second kappa shape index (κ2) is 10.6. The van der Waals surface area contributed by atoms with Crippen LogP contribution < -0.4 is 5.32 Å². The van der Waals surface area contributed by atoms with E-state index in [-0.39, 0.29) is 6.04 Å². The Morgan fingerprint density at radius 1 is 1.00 bits per heavy atom. The van der Waals surface area contributed by atoms with E-state index in [9.17, 15) is 0 Å². The average molecular weight is 474 g/mol. The van der Waals surface area contributed by atoms with E-state index in [4.69, 9.17) is 4.74 Å². The summed E-state index contributed by atoms with van der Waals surface area (Å²) in [5.74, 6) is 0.846. The number of nitrogens with zero attached hydrogens (tertiary/aromatic N) is 4. The van der Waals surface area contributed by atoms with Gasteiger partial charge in [0.2, 0.25) is 0 Å². The van der Waals surface area contributed by atoms with Gasteiger partial charge in [0.25, 0.3) is 0 Å². The van der Waals surface area contributed by atoms with Crippen LogP contribution in [-0.4, -0.2) is 66.7 Å². The van der Waals surface area contributed by atoms with Gasteiger partial charge in [0, 0.05) is 44.7 Å². The lowest BCUT2D eigenvalue weighted by Gasteiger charge is -2.32. The second-order valence-electron chi connectivity index (χ2n) is 8.89. The van der Waals surface area contributed by atoms with E-state index in [0.29, 0.717) is 6.61 Å². The number of aromatic nitrogens is 2. The zero-order valence-electron chi connectivity index (χ0n) is 19.8. The van der Waals surface area contributed by atoms with Gasteiger partial charge in [-0.05, 0) is 29.8 Å². The Hall–Kier alpha value is -2.84. The molecule has 176 valence electrons. The van der Waals surface area contributed by atoms with Crippen molar-refractivity contribution in [1.82, 2.24) is 19.8 Å². The third-order valence-electron chi connectivity index (χ3n) is 6.40. The molecule has 4 aromatic rings. The molecule has 1 aliphatic rings. The number of benzene rings is 2. The Kier molecular flexibility index (Phi) is 7.16. The first-order chi connectivity index (χ1) is 16.7. The molecule has 0 amide bonds. The number of likely N-dealkylation sites (N-methyl/N-ethyl adjacent to an activating group) is 1. The Labute approximate surface area is 205 Å². The number of hydrogen-bond donors (Lipinski definition) is 1. The molecule has 1 saturated heterocycles. The predicted octanol–water partition coefficient (Wildman–Crippen LogP) is 4.91. The van der Waals surface area contributed by atoms with Gasteiger partial charge in [-0.3, -0.25) is 4.90 Å². The molecular formula is C27H31N5OS.